The molecule has 0 N–H and O–H groups in total. The van der Waals surface area contributed by atoms with E-state index >= 15 is 0 Å². The molecule has 0 saturated heterocycles. The van der Waals surface area contributed by atoms with Crippen molar-refractivity contribution >= 4 is 0 Å². The molecule has 2 atom stereocenters. The van der Waals surface area contributed by atoms with Crippen LogP contribution in [-0.2, 0) is 4.74 Å². The molecule has 0 rings (SSSR count). The smallest absolute Gasteiger partial charge is 0.185 e. The number of hydrogen-bond donors (Lipinski definition) is 0. The second kappa shape index (κ2) is 14.8. The topological polar surface area (TPSA) is 22.2 Å². The van der Waals surface area contributed by atoms with Crippen molar-refractivity contribution in [2.24, 2.45) is 11.8 Å². The molecular formula is C26H58N4O. The van der Waals surface area contributed by atoms with Gasteiger partial charge in [0.1, 0.15) is 0 Å². The number of rotatable bonds is 18. The first-order valence-corrected chi connectivity index (χ1v) is 13.5. The van der Waals surface area contributed by atoms with Crippen molar-refractivity contribution in [3.63, 3.8) is 0 Å². The van der Waals surface area contributed by atoms with Gasteiger partial charge < -0.3 is 4.74 Å². The van der Waals surface area contributed by atoms with Gasteiger partial charge in [0.05, 0.1) is 0 Å². The monoisotopic (exact) mass is 442 g/mol. The molecule has 5 nitrogen and oxygen atoms in total. The van der Waals surface area contributed by atoms with Gasteiger partial charge in [0.15, 0.2) is 11.7 Å². The van der Waals surface area contributed by atoms with Crippen molar-refractivity contribution in [1.82, 2.24) is 19.6 Å². The highest BCUT2D eigenvalue weighted by molar-refractivity contribution is 4.94. The Morgan fingerprint density at radius 1 is 0.452 bits per heavy atom. The molecule has 0 radical (unpaired) electrons. The summed E-state index contributed by atoms with van der Waals surface area (Å²) in [6, 6.07) is 0. The second-order valence-corrected chi connectivity index (χ2v) is 8.73. The summed E-state index contributed by atoms with van der Waals surface area (Å²) < 4.78 is 7.81. The predicted molar refractivity (Wildman–Crippen MR) is 137 cm³/mol. The van der Waals surface area contributed by atoms with Crippen LogP contribution < -0.4 is 0 Å². The van der Waals surface area contributed by atoms with E-state index < -0.39 is 11.7 Å². The van der Waals surface area contributed by atoms with E-state index in [2.05, 4.69) is 103 Å². The molecular weight excluding hydrogens is 384 g/mol. The van der Waals surface area contributed by atoms with Crippen LogP contribution in [0.4, 0.5) is 0 Å². The lowest BCUT2D eigenvalue weighted by Gasteiger charge is -2.62. The van der Waals surface area contributed by atoms with E-state index in [0.717, 1.165) is 65.2 Å². The fraction of sp³-hybridized carbons (Fsp3) is 1.00. The van der Waals surface area contributed by atoms with Crippen LogP contribution >= 0.6 is 0 Å². The molecule has 0 saturated carbocycles. The normalized spacial score (nSPS) is 15.5. The van der Waals surface area contributed by atoms with Gasteiger partial charge in [-0.2, -0.15) is 0 Å². The molecule has 0 aromatic rings. The largest absolute Gasteiger partial charge is 0.311 e. The van der Waals surface area contributed by atoms with Crippen LogP contribution in [-0.4, -0.2) is 83.7 Å². The van der Waals surface area contributed by atoms with Gasteiger partial charge in [0, 0.05) is 11.8 Å². The molecule has 0 aliphatic rings. The second-order valence-electron chi connectivity index (χ2n) is 8.73. The van der Waals surface area contributed by atoms with Crippen LogP contribution in [0.15, 0.2) is 0 Å². The third-order valence-electron chi connectivity index (χ3n) is 7.68. The zero-order valence-electron chi connectivity index (χ0n) is 23.4. The van der Waals surface area contributed by atoms with Crippen LogP contribution in [0.1, 0.15) is 95.9 Å². The highest BCUT2D eigenvalue weighted by atomic mass is 16.6. The Kier molecular flexibility index (Phi) is 14.8. The third kappa shape index (κ3) is 6.03. The van der Waals surface area contributed by atoms with Gasteiger partial charge >= 0.3 is 0 Å². The lowest BCUT2D eigenvalue weighted by molar-refractivity contribution is -0.399. The van der Waals surface area contributed by atoms with E-state index in [1.165, 1.54) is 0 Å². The Hall–Kier alpha value is -0.200. The fourth-order valence-electron chi connectivity index (χ4n) is 5.57. The van der Waals surface area contributed by atoms with Gasteiger partial charge in [-0.3, -0.25) is 19.6 Å². The Labute approximate surface area is 196 Å². The Morgan fingerprint density at radius 2 is 0.645 bits per heavy atom. The summed E-state index contributed by atoms with van der Waals surface area (Å²) >= 11 is 0. The molecule has 188 valence electrons. The molecule has 0 aromatic carbocycles. The van der Waals surface area contributed by atoms with E-state index in [0.29, 0.717) is 11.8 Å². The summed E-state index contributed by atoms with van der Waals surface area (Å²) in [5, 5.41) is 0. The molecule has 0 aromatic heterocycles. The number of hydrogen-bond acceptors (Lipinski definition) is 5. The molecule has 0 bridgehead atoms. The molecule has 0 spiro atoms. The van der Waals surface area contributed by atoms with Crippen molar-refractivity contribution in [2.75, 3.05) is 52.4 Å². The highest BCUT2D eigenvalue weighted by Crippen LogP contribution is 2.43. The van der Waals surface area contributed by atoms with E-state index in [1.807, 2.05) is 0 Å². The molecule has 31 heavy (non-hydrogen) atoms. The van der Waals surface area contributed by atoms with Crippen LogP contribution in [0.2, 0.25) is 0 Å². The molecule has 0 aliphatic heterocycles. The fourth-order valence-corrected chi connectivity index (χ4v) is 5.57. The molecule has 0 amide bonds. The number of ether oxygens (including phenoxy) is 1. The molecule has 0 fully saturated rings. The zero-order valence-corrected chi connectivity index (χ0v) is 23.4. The maximum atomic E-state index is 7.81. The average Bonchev–Trinajstić information content (AvgIpc) is 2.80. The maximum Gasteiger partial charge on any atom is 0.185 e. The summed E-state index contributed by atoms with van der Waals surface area (Å²) in [5.74, 6) is -0.143. The lowest BCUT2D eigenvalue weighted by Crippen LogP contribution is -2.75. The first-order valence-electron chi connectivity index (χ1n) is 13.5. The molecule has 0 heterocycles. The van der Waals surface area contributed by atoms with Crippen molar-refractivity contribution in [3.05, 3.63) is 0 Å². The lowest BCUT2D eigenvalue weighted by atomic mass is 9.94. The minimum atomic E-state index is -0.448. The third-order valence-corrected chi connectivity index (χ3v) is 7.68. The molecule has 5 heteroatoms. The van der Waals surface area contributed by atoms with E-state index in [9.17, 15) is 0 Å². The molecule has 2 unspecified atom stereocenters. The van der Waals surface area contributed by atoms with Gasteiger partial charge in [0.25, 0.3) is 0 Å². The van der Waals surface area contributed by atoms with Crippen LogP contribution in [0.25, 0.3) is 0 Å². The Bertz CT molecular complexity index is 379. The first-order chi connectivity index (χ1) is 14.7. The van der Waals surface area contributed by atoms with E-state index in [4.69, 9.17) is 4.74 Å². The minimum Gasteiger partial charge on any atom is -0.311 e. The minimum absolute atomic E-state index is 0.377. The number of nitrogens with zero attached hydrogens (tertiary/aromatic N) is 4. The zero-order chi connectivity index (χ0) is 24.2. The summed E-state index contributed by atoms with van der Waals surface area (Å²) in [7, 11) is 0. The highest BCUT2D eigenvalue weighted by Gasteiger charge is 2.56. The van der Waals surface area contributed by atoms with Crippen LogP contribution in [0.3, 0.4) is 0 Å². The summed E-state index contributed by atoms with van der Waals surface area (Å²) in [6.45, 7) is 35.5. The standard InChI is InChI=1S/C26H58N4O/c1-13-23(11)25(27(15-3)16-4,28(17-5)18-6)31-26(24(12)14-2,29(19-7)20-8)30(21-9)22-10/h23-24H,13-22H2,1-12H3. The maximum absolute atomic E-state index is 7.81. The van der Waals surface area contributed by atoms with Gasteiger partial charge in [-0.05, 0) is 65.2 Å². The summed E-state index contributed by atoms with van der Waals surface area (Å²) in [6.07, 6.45) is 2.17. The van der Waals surface area contributed by atoms with E-state index in [-0.39, 0.29) is 0 Å². The van der Waals surface area contributed by atoms with Gasteiger partial charge in [-0.1, -0.05) is 83.1 Å². The Morgan fingerprint density at radius 3 is 0.774 bits per heavy atom. The quantitative estimate of drug-likeness (QED) is 0.251. The van der Waals surface area contributed by atoms with Crippen molar-refractivity contribution in [1.29, 1.82) is 0 Å². The van der Waals surface area contributed by atoms with Crippen LogP contribution in [0, 0.1) is 11.8 Å². The molecule has 0 aliphatic carbocycles. The van der Waals surface area contributed by atoms with Gasteiger partial charge in [-0.15, -0.1) is 0 Å². The SMILES string of the molecule is CCC(C)C(OC(C(C)CC)(N(CC)CC)N(CC)CC)(N(CC)CC)N(CC)CC. The van der Waals surface area contributed by atoms with Gasteiger partial charge in [0.2, 0.25) is 0 Å². The summed E-state index contributed by atoms with van der Waals surface area (Å²) in [4.78, 5) is 10.3. The van der Waals surface area contributed by atoms with E-state index in [1.54, 1.807) is 0 Å². The Balaban J connectivity index is 7.27. The average molecular weight is 443 g/mol. The van der Waals surface area contributed by atoms with Crippen molar-refractivity contribution < 1.29 is 4.74 Å². The van der Waals surface area contributed by atoms with Crippen LogP contribution in [0.5, 0.6) is 0 Å². The van der Waals surface area contributed by atoms with Crippen molar-refractivity contribution in [2.45, 2.75) is 108 Å². The van der Waals surface area contributed by atoms with Gasteiger partial charge in [-0.25, -0.2) is 0 Å². The predicted octanol–water partition coefficient (Wildman–Crippen LogP) is 5.77. The first kappa shape index (κ1) is 30.8. The summed E-state index contributed by atoms with van der Waals surface area (Å²) in [5.41, 5.74) is 0. The van der Waals surface area contributed by atoms with Crippen molar-refractivity contribution in [3.8, 4) is 0 Å².